The molecule has 2 rings (SSSR count). The molecule has 0 bridgehead atoms. The first-order valence-electron chi connectivity index (χ1n) is 7.87. The number of nitrogens with one attached hydrogen (secondary N) is 1. The molecule has 1 atom stereocenters. The van der Waals surface area contributed by atoms with Gasteiger partial charge < -0.3 is 19.5 Å². The number of rotatable bonds is 9. The van der Waals surface area contributed by atoms with Gasteiger partial charge in [0.25, 0.3) is 0 Å². The lowest BCUT2D eigenvalue weighted by Gasteiger charge is -2.10. The van der Waals surface area contributed by atoms with Gasteiger partial charge in [-0.15, -0.1) is 0 Å². The second-order valence-electron chi connectivity index (χ2n) is 5.41. The maximum absolute atomic E-state index is 11.7. The van der Waals surface area contributed by atoms with Crippen molar-refractivity contribution in [3.05, 3.63) is 29.8 Å². The van der Waals surface area contributed by atoms with Crippen molar-refractivity contribution in [1.82, 2.24) is 5.32 Å². The van der Waals surface area contributed by atoms with Crippen LogP contribution in [-0.2, 0) is 20.7 Å². The maximum atomic E-state index is 11.7. The first-order chi connectivity index (χ1) is 10.8. The fourth-order valence-electron chi connectivity index (χ4n) is 2.42. The molecular weight excluding hydrogens is 282 g/mol. The summed E-state index contributed by atoms with van der Waals surface area (Å²) >= 11 is 0. The highest BCUT2D eigenvalue weighted by molar-refractivity contribution is 5.75. The zero-order valence-corrected chi connectivity index (χ0v) is 13.2. The van der Waals surface area contributed by atoms with E-state index >= 15 is 0 Å². The molecule has 1 heterocycles. The number of benzene rings is 1. The number of carbonyl (C=O) groups is 1. The number of carbonyl (C=O) groups excluding carboxylic acids is 1. The van der Waals surface area contributed by atoms with Gasteiger partial charge in [-0.3, -0.25) is 4.79 Å². The van der Waals surface area contributed by atoms with Crippen LogP contribution in [0.25, 0.3) is 0 Å². The standard InChI is InChI=1S/C17H25NO4/c1-20-15-5-2-4-14(12-15)7-9-18-17(19)8-11-21-13-16-6-3-10-22-16/h2,4-5,12,16H,3,6-11,13H2,1H3,(H,18,19). The monoisotopic (exact) mass is 307 g/mol. The molecule has 22 heavy (non-hydrogen) atoms. The van der Waals surface area contributed by atoms with E-state index in [1.807, 2.05) is 24.3 Å². The molecule has 1 aromatic rings. The van der Waals surface area contributed by atoms with E-state index in [0.29, 0.717) is 26.2 Å². The highest BCUT2D eigenvalue weighted by Gasteiger charge is 2.15. The lowest BCUT2D eigenvalue weighted by atomic mass is 10.1. The van der Waals surface area contributed by atoms with Gasteiger partial charge in [-0.1, -0.05) is 12.1 Å². The molecule has 0 saturated carbocycles. The first-order valence-corrected chi connectivity index (χ1v) is 7.87. The Morgan fingerprint density at radius 2 is 2.36 bits per heavy atom. The van der Waals surface area contributed by atoms with Gasteiger partial charge in [0, 0.05) is 19.6 Å². The Morgan fingerprint density at radius 3 is 3.14 bits per heavy atom. The lowest BCUT2D eigenvalue weighted by molar-refractivity contribution is -0.122. The van der Waals surface area contributed by atoms with Crippen LogP contribution in [0.1, 0.15) is 24.8 Å². The minimum absolute atomic E-state index is 0.0234. The molecular formula is C17H25NO4. The van der Waals surface area contributed by atoms with Crippen LogP contribution in [0, 0.1) is 0 Å². The van der Waals surface area contributed by atoms with Crippen LogP contribution in [0.3, 0.4) is 0 Å². The summed E-state index contributed by atoms with van der Waals surface area (Å²) < 4.78 is 16.1. The van der Waals surface area contributed by atoms with Gasteiger partial charge in [-0.2, -0.15) is 0 Å². The van der Waals surface area contributed by atoms with Gasteiger partial charge in [0.05, 0.1) is 26.4 Å². The van der Waals surface area contributed by atoms with Gasteiger partial charge in [0.15, 0.2) is 0 Å². The van der Waals surface area contributed by atoms with Crippen molar-refractivity contribution in [2.24, 2.45) is 0 Å². The van der Waals surface area contributed by atoms with Gasteiger partial charge in [0.1, 0.15) is 5.75 Å². The third-order valence-corrected chi connectivity index (χ3v) is 3.67. The zero-order chi connectivity index (χ0) is 15.6. The summed E-state index contributed by atoms with van der Waals surface area (Å²) in [6, 6.07) is 7.87. The van der Waals surface area contributed by atoms with Crippen molar-refractivity contribution in [3.63, 3.8) is 0 Å². The highest BCUT2D eigenvalue weighted by Crippen LogP contribution is 2.13. The van der Waals surface area contributed by atoms with E-state index in [-0.39, 0.29) is 12.0 Å². The summed E-state index contributed by atoms with van der Waals surface area (Å²) in [4.78, 5) is 11.7. The average Bonchev–Trinajstić information content (AvgIpc) is 3.05. The Hall–Kier alpha value is -1.59. The molecule has 5 heteroatoms. The van der Waals surface area contributed by atoms with E-state index in [0.717, 1.165) is 37.2 Å². The second-order valence-corrected chi connectivity index (χ2v) is 5.41. The number of hydrogen-bond donors (Lipinski definition) is 1. The quantitative estimate of drug-likeness (QED) is 0.708. The molecule has 1 fully saturated rings. The molecule has 1 N–H and O–H groups in total. The normalized spacial score (nSPS) is 17.4. The van der Waals surface area contributed by atoms with Crippen LogP contribution in [-0.4, -0.2) is 45.5 Å². The number of hydrogen-bond acceptors (Lipinski definition) is 4. The minimum atomic E-state index is 0.0234. The fourth-order valence-corrected chi connectivity index (χ4v) is 2.42. The van der Waals surface area contributed by atoms with Crippen LogP contribution in [0.15, 0.2) is 24.3 Å². The van der Waals surface area contributed by atoms with Crippen LogP contribution in [0.5, 0.6) is 5.75 Å². The third-order valence-electron chi connectivity index (χ3n) is 3.67. The number of ether oxygens (including phenoxy) is 3. The van der Waals surface area contributed by atoms with E-state index in [2.05, 4.69) is 5.32 Å². The van der Waals surface area contributed by atoms with Crippen molar-refractivity contribution in [3.8, 4) is 5.75 Å². The van der Waals surface area contributed by atoms with Gasteiger partial charge in [-0.05, 0) is 37.0 Å². The molecule has 122 valence electrons. The van der Waals surface area contributed by atoms with Gasteiger partial charge in [-0.25, -0.2) is 0 Å². The predicted molar refractivity (Wildman–Crippen MR) is 84.1 cm³/mol. The SMILES string of the molecule is COc1cccc(CCNC(=O)CCOCC2CCCO2)c1. The molecule has 1 aliphatic rings. The molecule has 0 spiro atoms. The van der Waals surface area contributed by atoms with Crippen molar-refractivity contribution in [2.75, 3.05) is 33.5 Å². The minimum Gasteiger partial charge on any atom is -0.497 e. The highest BCUT2D eigenvalue weighted by atomic mass is 16.5. The van der Waals surface area contributed by atoms with E-state index in [1.165, 1.54) is 0 Å². The lowest BCUT2D eigenvalue weighted by Crippen LogP contribution is -2.27. The van der Waals surface area contributed by atoms with Crippen LogP contribution < -0.4 is 10.1 Å². The predicted octanol–water partition coefficient (Wildman–Crippen LogP) is 1.94. The summed E-state index contributed by atoms with van der Waals surface area (Å²) in [5.74, 6) is 0.863. The molecule has 0 aliphatic carbocycles. The topological polar surface area (TPSA) is 56.8 Å². The Morgan fingerprint density at radius 1 is 1.45 bits per heavy atom. The number of methoxy groups -OCH3 is 1. The Balaban J connectivity index is 1.53. The summed E-state index contributed by atoms with van der Waals surface area (Å²) in [7, 11) is 1.65. The average molecular weight is 307 g/mol. The smallest absolute Gasteiger partial charge is 0.222 e. The van der Waals surface area contributed by atoms with Crippen LogP contribution in [0.4, 0.5) is 0 Å². The molecule has 1 aromatic carbocycles. The molecule has 0 radical (unpaired) electrons. The summed E-state index contributed by atoms with van der Waals surface area (Å²) in [6.07, 6.45) is 3.58. The van der Waals surface area contributed by atoms with E-state index in [1.54, 1.807) is 7.11 Å². The zero-order valence-electron chi connectivity index (χ0n) is 13.2. The molecule has 1 saturated heterocycles. The van der Waals surface area contributed by atoms with E-state index < -0.39 is 0 Å². The van der Waals surface area contributed by atoms with E-state index in [9.17, 15) is 4.79 Å². The van der Waals surface area contributed by atoms with Crippen molar-refractivity contribution >= 4 is 5.91 Å². The van der Waals surface area contributed by atoms with Crippen molar-refractivity contribution < 1.29 is 19.0 Å². The molecule has 1 amide bonds. The molecule has 5 nitrogen and oxygen atoms in total. The maximum Gasteiger partial charge on any atom is 0.222 e. The number of amides is 1. The van der Waals surface area contributed by atoms with Crippen molar-refractivity contribution in [1.29, 1.82) is 0 Å². The molecule has 1 unspecified atom stereocenters. The largest absolute Gasteiger partial charge is 0.497 e. The van der Waals surface area contributed by atoms with Gasteiger partial charge in [0.2, 0.25) is 5.91 Å². The summed E-state index contributed by atoms with van der Waals surface area (Å²) in [6.45, 7) is 2.50. The Labute approximate surface area is 131 Å². The van der Waals surface area contributed by atoms with Crippen LogP contribution in [0.2, 0.25) is 0 Å². The summed E-state index contributed by atoms with van der Waals surface area (Å²) in [5, 5.41) is 2.91. The van der Waals surface area contributed by atoms with Crippen LogP contribution >= 0.6 is 0 Å². The second kappa shape index (κ2) is 9.43. The Bertz CT molecular complexity index is 458. The molecule has 1 aliphatic heterocycles. The third kappa shape index (κ3) is 6.03. The van der Waals surface area contributed by atoms with E-state index in [4.69, 9.17) is 14.2 Å². The molecule has 0 aromatic heterocycles. The fraction of sp³-hybridized carbons (Fsp3) is 0.588. The Kier molecular flexibility index (Phi) is 7.19. The summed E-state index contributed by atoms with van der Waals surface area (Å²) in [5.41, 5.74) is 1.15. The van der Waals surface area contributed by atoms with Gasteiger partial charge >= 0.3 is 0 Å². The van der Waals surface area contributed by atoms with Crippen molar-refractivity contribution in [2.45, 2.75) is 31.8 Å². The first kappa shape index (κ1) is 16.8.